The number of rotatable bonds is 4. The molecule has 5 heteroatoms. The van der Waals surface area contributed by atoms with Crippen molar-refractivity contribution in [3.8, 4) is 28.3 Å². The average molecular weight is 339 g/mol. The number of halogens is 1. The van der Waals surface area contributed by atoms with E-state index in [2.05, 4.69) is 9.97 Å². The Balaban J connectivity index is 2.35. The molecule has 1 aromatic carbocycles. The number of pyridine rings is 2. The Morgan fingerprint density at radius 3 is 2.54 bits per heavy atom. The van der Waals surface area contributed by atoms with E-state index < -0.39 is 0 Å². The van der Waals surface area contributed by atoms with E-state index in [4.69, 9.17) is 16.3 Å². The molecular weight excluding hydrogens is 324 g/mol. The maximum Gasteiger partial charge on any atom is 0.224 e. The minimum Gasteiger partial charge on any atom is -0.480 e. The van der Waals surface area contributed by atoms with Gasteiger partial charge in [-0.1, -0.05) is 41.9 Å². The van der Waals surface area contributed by atoms with Crippen LogP contribution in [-0.2, 0) is 0 Å². The van der Waals surface area contributed by atoms with Gasteiger partial charge in [-0.3, -0.25) is 4.79 Å². The molecule has 0 saturated carbocycles. The van der Waals surface area contributed by atoms with Crippen molar-refractivity contribution in [2.75, 3.05) is 7.11 Å². The van der Waals surface area contributed by atoms with E-state index in [1.165, 1.54) is 7.11 Å². The Bertz CT molecular complexity index is 895. The van der Waals surface area contributed by atoms with Crippen LogP contribution < -0.4 is 4.74 Å². The summed E-state index contributed by atoms with van der Waals surface area (Å²) in [6, 6.07) is 13.4. The van der Waals surface area contributed by atoms with E-state index in [1.54, 1.807) is 12.3 Å². The normalized spacial score (nSPS) is 10.5. The first-order valence-corrected chi connectivity index (χ1v) is 7.74. The number of methoxy groups -OCH3 is 1. The number of hydrogen-bond donors (Lipinski definition) is 0. The number of aldehydes is 1. The van der Waals surface area contributed by atoms with E-state index in [0.29, 0.717) is 16.4 Å². The lowest BCUT2D eigenvalue weighted by molar-refractivity contribution is 0.112. The van der Waals surface area contributed by atoms with Crippen LogP contribution in [0.3, 0.4) is 0 Å². The lowest BCUT2D eigenvalue weighted by Crippen LogP contribution is -2.00. The Kier molecular flexibility index (Phi) is 4.58. The zero-order valence-electron chi connectivity index (χ0n) is 13.3. The smallest absolute Gasteiger partial charge is 0.224 e. The van der Waals surface area contributed by atoms with Gasteiger partial charge in [0.05, 0.1) is 18.4 Å². The molecule has 0 aliphatic heterocycles. The van der Waals surface area contributed by atoms with Gasteiger partial charge in [-0.25, -0.2) is 9.97 Å². The lowest BCUT2D eigenvalue weighted by Gasteiger charge is -2.14. The molecule has 0 fully saturated rings. The topological polar surface area (TPSA) is 52.1 Å². The first kappa shape index (κ1) is 16.1. The van der Waals surface area contributed by atoms with Crippen molar-refractivity contribution < 1.29 is 9.53 Å². The van der Waals surface area contributed by atoms with Crippen molar-refractivity contribution in [2.45, 2.75) is 6.92 Å². The van der Waals surface area contributed by atoms with Gasteiger partial charge >= 0.3 is 0 Å². The Labute approximate surface area is 145 Å². The first-order chi connectivity index (χ1) is 11.7. The fourth-order valence-corrected chi connectivity index (χ4v) is 2.73. The van der Waals surface area contributed by atoms with Crippen LogP contribution in [0.2, 0.25) is 5.15 Å². The fourth-order valence-electron chi connectivity index (χ4n) is 2.57. The van der Waals surface area contributed by atoms with Crippen LogP contribution in [0.5, 0.6) is 5.88 Å². The molecule has 3 rings (SSSR count). The molecule has 0 N–H and O–H groups in total. The van der Waals surface area contributed by atoms with Gasteiger partial charge in [0.1, 0.15) is 5.15 Å². The Morgan fingerprint density at radius 1 is 1.12 bits per heavy atom. The molecule has 2 heterocycles. The zero-order valence-corrected chi connectivity index (χ0v) is 14.0. The fraction of sp³-hybridized carbons (Fsp3) is 0.105. The highest BCUT2D eigenvalue weighted by molar-refractivity contribution is 6.30. The molecule has 120 valence electrons. The van der Waals surface area contributed by atoms with E-state index in [-0.39, 0.29) is 5.88 Å². The summed E-state index contributed by atoms with van der Waals surface area (Å²) < 4.78 is 5.27. The molecule has 0 amide bonds. The number of carbonyl (C=O) groups is 1. The van der Waals surface area contributed by atoms with Crippen molar-refractivity contribution in [3.63, 3.8) is 0 Å². The molecule has 0 saturated heterocycles. The monoisotopic (exact) mass is 338 g/mol. The molecule has 0 unspecified atom stereocenters. The Hall–Kier alpha value is -2.72. The number of hydrogen-bond acceptors (Lipinski definition) is 4. The SMILES string of the molecule is COc1nc(-c2ccnc(Cl)c2C)c(-c2ccccc2)cc1C=O. The third-order valence-corrected chi connectivity index (χ3v) is 4.20. The molecule has 3 aromatic rings. The van der Waals surface area contributed by atoms with Crippen LogP contribution in [0.4, 0.5) is 0 Å². The van der Waals surface area contributed by atoms with E-state index in [9.17, 15) is 4.79 Å². The molecule has 2 aromatic heterocycles. The summed E-state index contributed by atoms with van der Waals surface area (Å²) in [5, 5.41) is 0.423. The van der Waals surface area contributed by atoms with Crippen molar-refractivity contribution in [1.29, 1.82) is 0 Å². The van der Waals surface area contributed by atoms with E-state index >= 15 is 0 Å². The summed E-state index contributed by atoms with van der Waals surface area (Å²) in [6.45, 7) is 1.89. The van der Waals surface area contributed by atoms with Crippen LogP contribution in [0.15, 0.2) is 48.7 Å². The average Bonchev–Trinajstić information content (AvgIpc) is 2.63. The molecule has 0 radical (unpaired) electrons. The molecule has 0 aliphatic carbocycles. The summed E-state index contributed by atoms with van der Waals surface area (Å²) in [5.74, 6) is 0.284. The van der Waals surface area contributed by atoms with Gasteiger partial charge in [0, 0.05) is 17.3 Å². The van der Waals surface area contributed by atoms with Crippen LogP contribution >= 0.6 is 11.6 Å². The summed E-state index contributed by atoms with van der Waals surface area (Å²) in [4.78, 5) is 20.1. The predicted octanol–water partition coefficient (Wildman–Crippen LogP) is 4.59. The minimum atomic E-state index is 0.284. The summed E-state index contributed by atoms with van der Waals surface area (Å²) in [6.07, 6.45) is 2.38. The quantitative estimate of drug-likeness (QED) is 0.515. The molecule has 4 nitrogen and oxygen atoms in total. The molecular formula is C19H15ClN2O2. The van der Waals surface area contributed by atoms with Gasteiger partial charge in [-0.2, -0.15) is 0 Å². The number of ether oxygens (including phenoxy) is 1. The van der Waals surface area contributed by atoms with Crippen molar-refractivity contribution in [2.24, 2.45) is 0 Å². The van der Waals surface area contributed by atoms with Crippen LogP contribution in [0.25, 0.3) is 22.4 Å². The summed E-state index contributed by atoms with van der Waals surface area (Å²) >= 11 is 6.17. The highest BCUT2D eigenvalue weighted by atomic mass is 35.5. The van der Waals surface area contributed by atoms with Gasteiger partial charge in [0.25, 0.3) is 0 Å². The van der Waals surface area contributed by atoms with Crippen LogP contribution in [0.1, 0.15) is 15.9 Å². The molecule has 24 heavy (non-hydrogen) atoms. The van der Waals surface area contributed by atoms with Crippen molar-refractivity contribution in [3.05, 3.63) is 64.9 Å². The molecule has 0 atom stereocenters. The standard InChI is InChI=1S/C19H15ClN2O2/c1-12-15(8-9-21-18(12)20)17-16(13-6-4-3-5-7-13)10-14(11-23)19(22-17)24-2/h3-11H,1-2H3. The van der Waals surface area contributed by atoms with Crippen molar-refractivity contribution in [1.82, 2.24) is 9.97 Å². The van der Waals surface area contributed by atoms with Crippen LogP contribution in [0, 0.1) is 6.92 Å². The number of nitrogens with zero attached hydrogens (tertiary/aromatic N) is 2. The molecule has 0 bridgehead atoms. The number of aromatic nitrogens is 2. The zero-order chi connectivity index (χ0) is 17.1. The second-order valence-corrected chi connectivity index (χ2v) is 5.60. The van der Waals surface area contributed by atoms with Gasteiger partial charge in [0.15, 0.2) is 6.29 Å². The van der Waals surface area contributed by atoms with E-state index in [0.717, 1.165) is 28.5 Å². The first-order valence-electron chi connectivity index (χ1n) is 7.36. The lowest BCUT2D eigenvalue weighted by atomic mass is 9.96. The highest BCUT2D eigenvalue weighted by Gasteiger charge is 2.17. The second-order valence-electron chi connectivity index (χ2n) is 5.24. The van der Waals surface area contributed by atoms with Crippen LogP contribution in [-0.4, -0.2) is 23.4 Å². The molecule has 0 spiro atoms. The van der Waals surface area contributed by atoms with E-state index in [1.807, 2.05) is 43.3 Å². The highest BCUT2D eigenvalue weighted by Crippen LogP contribution is 2.36. The van der Waals surface area contributed by atoms with Gasteiger partial charge < -0.3 is 4.74 Å². The summed E-state index contributed by atoms with van der Waals surface area (Å²) in [5.41, 5.74) is 4.57. The van der Waals surface area contributed by atoms with Gasteiger partial charge in [-0.15, -0.1) is 0 Å². The molecule has 0 aliphatic rings. The minimum absolute atomic E-state index is 0.284. The number of carbonyl (C=O) groups excluding carboxylic acids is 1. The number of benzene rings is 1. The maximum atomic E-state index is 11.4. The predicted molar refractivity (Wildman–Crippen MR) is 94.6 cm³/mol. The van der Waals surface area contributed by atoms with Gasteiger partial charge in [0.2, 0.25) is 5.88 Å². The van der Waals surface area contributed by atoms with Gasteiger partial charge in [-0.05, 0) is 30.2 Å². The summed E-state index contributed by atoms with van der Waals surface area (Å²) in [7, 11) is 1.49. The maximum absolute atomic E-state index is 11.4. The second kappa shape index (κ2) is 6.81. The largest absolute Gasteiger partial charge is 0.480 e. The Morgan fingerprint density at radius 2 is 1.88 bits per heavy atom. The third kappa shape index (κ3) is 2.88. The van der Waals surface area contributed by atoms with Crippen molar-refractivity contribution >= 4 is 17.9 Å². The third-order valence-electron chi connectivity index (χ3n) is 3.82.